The molecule has 1 aromatic heterocycles. The summed E-state index contributed by atoms with van der Waals surface area (Å²) in [7, 11) is 0. The van der Waals surface area contributed by atoms with Crippen LogP contribution in [0.2, 0.25) is 0 Å². The van der Waals surface area contributed by atoms with Crippen molar-refractivity contribution in [3.8, 4) is 0 Å². The lowest BCUT2D eigenvalue weighted by Gasteiger charge is -2.06. The third kappa shape index (κ3) is 3.43. The summed E-state index contributed by atoms with van der Waals surface area (Å²) in [6, 6.07) is 12.7. The number of carbonyl (C=O) groups is 1. The van der Waals surface area contributed by atoms with E-state index in [-0.39, 0.29) is 22.2 Å². The monoisotopic (exact) mass is 323 g/mol. The molecule has 3 aromatic rings. The predicted octanol–water partition coefficient (Wildman–Crippen LogP) is 2.10. The molecule has 0 aliphatic heterocycles. The van der Waals surface area contributed by atoms with Crippen molar-refractivity contribution in [3.63, 3.8) is 0 Å². The minimum absolute atomic E-state index is 0.142. The molecule has 0 radical (unpaired) electrons. The van der Waals surface area contributed by atoms with E-state index in [1.165, 1.54) is 17.7 Å². The van der Waals surface area contributed by atoms with Crippen molar-refractivity contribution >= 4 is 22.4 Å². The lowest BCUT2D eigenvalue weighted by Crippen LogP contribution is -2.19. The topological polar surface area (TPSA) is 94.8 Å². The number of hydrogen-bond acceptors (Lipinski definition) is 3. The number of aromatic amines is 2. The van der Waals surface area contributed by atoms with E-state index in [2.05, 4.69) is 15.5 Å². The summed E-state index contributed by atoms with van der Waals surface area (Å²) in [6.07, 6.45) is 0.979. The van der Waals surface area contributed by atoms with Gasteiger partial charge in [0.2, 0.25) is 5.91 Å². The van der Waals surface area contributed by atoms with E-state index in [1.54, 1.807) is 6.07 Å². The molecule has 0 unspecified atom stereocenters. The van der Waals surface area contributed by atoms with Crippen molar-refractivity contribution in [1.82, 2.24) is 10.2 Å². The maximum atomic E-state index is 12.1. The van der Waals surface area contributed by atoms with Gasteiger partial charge < -0.3 is 5.32 Å². The average molecular weight is 323 g/mol. The quantitative estimate of drug-likeness (QED) is 0.686. The van der Waals surface area contributed by atoms with Crippen LogP contribution in [0.4, 0.5) is 5.69 Å². The molecule has 0 aliphatic carbocycles. The SMILES string of the molecule is Cc1ccc(CCC(=O)Nc2ccc3c(=O)[nH][nH]c(=O)c3c2)cc1. The number of amides is 1. The Labute approximate surface area is 137 Å². The summed E-state index contributed by atoms with van der Waals surface area (Å²) >= 11 is 0. The van der Waals surface area contributed by atoms with Crippen LogP contribution in [-0.4, -0.2) is 16.1 Å². The van der Waals surface area contributed by atoms with Crippen molar-refractivity contribution < 1.29 is 4.79 Å². The molecule has 3 N–H and O–H groups in total. The number of benzene rings is 2. The van der Waals surface area contributed by atoms with E-state index in [4.69, 9.17) is 0 Å². The van der Waals surface area contributed by atoms with Crippen molar-refractivity contribution in [3.05, 3.63) is 74.3 Å². The molecule has 0 saturated heterocycles. The van der Waals surface area contributed by atoms with Crippen LogP contribution in [0, 0.1) is 6.92 Å². The molecule has 0 spiro atoms. The van der Waals surface area contributed by atoms with Crippen LogP contribution >= 0.6 is 0 Å². The Morgan fingerprint density at radius 2 is 1.62 bits per heavy atom. The van der Waals surface area contributed by atoms with Gasteiger partial charge in [0.25, 0.3) is 11.1 Å². The molecule has 6 nitrogen and oxygen atoms in total. The Morgan fingerprint density at radius 3 is 2.33 bits per heavy atom. The molecule has 1 heterocycles. The minimum Gasteiger partial charge on any atom is -0.326 e. The number of anilines is 1. The van der Waals surface area contributed by atoms with Gasteiger partial charge in [-0.1, -0.05) is 29.8 Å². The number of H-pyrrole nitrogens is 2. The second-order valence-electron chi connectivity index (χ2n) is 5.70. The van der Waals surface area contributed by atoms with Gasteiger partial charge in [0.1, 0.15) is 0 Å². The smallest absolute Gasteiger partial charge is 0.270 e. The van der Waals surface area contributed by atoms with Gasteiger partial charge in [-0.2, -0.15) is 0 Å². The van der Waals surface area contributed by atoms with Crippen LogP contribution in [0.15, 0.2) is 52.1 Å². The molecular formula is C18H17N3O3. The van der Waals surface area contributed by atoms with Crippen LogP contribution in [0.25, 0.3) is 10.8 Å². The van der Waals surface area contributed by atoms with Crippen molar-refractivity contribution in [2.24, 2.45) is 0 Å². The highest BCUT2D eigenvalue weighted by Gasteiger charge is 2.07. The average Bonchev–Trinajstić information content (AvgIpc) is 2.58. The molecule has 2 aromatic carbocycles. The molecule has 6 heteroatoms. The highest BCUT2D eigenvalue weighted by molar-refractivity contribution is 5.94. The van der Waals surface area contributed by atoms with E-state index in [0.29, 0.717) is 18.5 Å². The summed E-state index contributed by atoms with van der Waals surface area (Å²) < 4.78 is 0. The zero-order valence-electron chi connectivity index (χ0n) is 13.2. The molecule has 0 aliphatic rings. The third-order valence-corrected chi connectivity index (χ3v) is 3.84. The number of hydrogen-bond donors (Lipinski definition) is 3. The molecule has 24 heavy (non-hydrogen) atoms. The maximum Gasteiger partial charge on any atom is 0.270 e. The first kappa shape index (κ1) is 15.7. The van der Waals surface area contributed by atoms with Crippen LogP contribution in [0.1, 0.15) is 17.5 Å². The first-order valence-corrected chi connectivity index (χ1v) is 7.63. The molecule has 122 valence electrons. The summed E-state index contributed by atoms with van der Waals surface area (Å²) in [4.78, 5) is 35.5. The molecule has 0 bridgehead atoms. The van der Waals surface area contributed by atoms with Gasteiger partial charge >= 0.3 is 0 Å². The third-order valence-electron chi connectivity index (χ3n) is 3.84. The van der Waals surface area contributed by atoms with E-state index < -0.39 is 5.56 Å². The standard InChI is InChI=1S/C18H17N3O3/c1-11-2-4-12(5-3-11)6-9-16(22)19-13-7-8-14-15(10-13)18(24)21-20-17(14)23/h2-5,7-8,10H,6,9H2,1H3,(H,19,22)(H,20,23)(H,21,24). The number of nitrogens with one attached hydrogen (secondary N) is 3. The number of aromatic nitrogens is 2. The fourth-order valence-electron chi connectivity index (χ4n) is 2.49. The maximum absolute atomic E-state index is 12.1. The Morgan fingerprint density at radius 1 is 0.958 bits per heavy atom. The van der Waals surface area contributed by atoms with Crippen LogP contribution in [-0.2, 0) is 11.2 Å². The number of rotatable bonds is 4. The second kappa shape index (κ2) is 6.54. The molecule has 1 amide bonds. The summed E-state index contributed by atoms with van der Waals surface area (Å²) in [5.74, 6) is -0.142. The zero-order valence-corrected chi connectivity index (χ0v) is 13.2. The van der Waals surface area contributed by atoms with E-state index in [0.717, 1.165) is 5.56 Å². The van der Waals surface area contributed by atoms with Crippen LogP contribution in [0.5, 0.6) is 0 Å². The molecule has 0 atom stereocenters. The van der Waals surface area contributed by atoms with Gasteiger partial charge in [0, 0.05) is 12.1 Å². The Bertz CT molecular complexity index is 1000. The number of aryl methyl sites for hydroxylation is 2. The van der Waals surface area contributed by atoms with Crippen molar-refractivity contribution in [2.75, 3.05) is 5.32 Å². The number of carbonyl (C=O) groups excluding carboxylic acids is 1. The lowest BCUT2D eigenvalue weighted by molar-refractivity contribution is -0.116. The molecular weight excluding hydrogens is 306 g/mol. The fourth-order valence-corrected chi connectivity index (χ4v) is 2.49. The molecule has 0 saturated carbocycles. The normalized spacial score (nSPS) is 10.7. The Kier molecular flexibility index (Phi) is 4.29. The van der Waals surface area contributed by atoms with Gasteiger partial charge in [0.05, 0.1) is 10.8 Å². The first-order valence-electron chi connectivity index (χ1n) is 7.63. The number of fused-ring (bicyclic) bond motifs is 1. The largest absolute Gasteiger partial charge is 0.326 e. The summed E-state index contributed by atoms with van der Waals surface area (Å²) in [5, 5.41) is 7.83. The van der Waals surface area contributed by atoms with Crippen LogP contribution in [0.3, 0.4) is 0 Å². The van der Waals surface area contributed by atoms with Gasteiger partial charge in [-0.15, -0.1) is 0 Å². The van der Waals surface area contributed by atoms with Gasteiger partial charge in [-0.3, -0.25) is 24.6 Å². The van der Waals surface area contributed by atoms with Crippen molar-refractivity contribution in [1.29, 1.82) is 0 Å². The highest BCUT2D eigenvalue weighted by atomic mass is 16.2. The first-order chi connectivity index (χ1) is 11.5. The lowest BCUT2D eigenvalue weighted by atomic mass is 10.1. The van der Waals surface area contributed by atoms with E-state index in [1.807, 2.05) is 31.2 Å². The predicted molar refractivity (Wildman–Crippen MR) is 93.3 cm³/mol. The van der Waals surface area contributed by atoms with Gasteiger partial charge in [-0.05, 0) is 37.1 Å². The zero-order chi connectivity index (χ0) is 17.1. The molecule has 3 rings (SSSR count). The van der Waals surface area contributed by atoms with E-state index >= 15 is 0 Å². The fraction of sp³-hybridized carbons (Fsp3) is 0.167. The van der Waals surface area contributed by atoms with Crippen molar-refractivity contribution in [2.45, 2.75) is 19.8 Å². The Hall–Kier alpha value is -3.15. The van der Waals surface area contributed by atoms with Gasteiger partial charge in [0.15, 0.2) is 0 Å². The Balaban J connectivity index is 1.71. The van der Waals surface area contributed by atoms with Crippen LogP contribution < -0.4 is 16.4 Å². The minimum atomic E-state index is -0.402. The van der Waals surface area contributed by atoms with E-state index in [9.17, 15) is 14.4 Å². The molecule has 0 fully saturated rings. The summed E-state index contributed by atoms with van der Waals surface area (Å²) in [6.45, 7) is 2.02. The summed E-state index contributed by atoms with van der Waals surface area (Å²) in [5.41, 5.74) is 1.99. The second-order valence-corrected chi connectivity index (χ2v) is 5.70. The highest BCUT2D eigenvalue weighted by Crippen LogP contribution is 2.14. The van der Waals surface area contributed by atoms with Gasteiger partial charge in [-0.25, -0.2) is 0 Å².